The average Bonchev–Trinajstić information content (AvgIpc) is 3.13. The standard InChI is InChI=1S/C18H22O4/c1-2-15-16(17-18(22-15)20-8-7-19-17)21-11-12-9-13-5-3-4-6-14(13)10-12/h3-6,9,15-18H,2,7-8,10-11H2,1H3/t15-,16+,17-,18+/m1/s1. The predicted molar refractivity (Wildman–Crippen MR) is 82.5 cm³/mol. The number of fused-ring (bicyclic) bond motifs is 2. The summed E-state index contributed by atoms with van der Waals surface area (Å²) in [5.41, 5.74) is 4.01. The summed E-state index contributed by atoms with van der Waals surface area (Å²) in [5, 5.41) is 0. The van der Waals surface area contributed by atoms with Crippen LogP contribution in [0.1, 0.15) is 24.5 Å². The molecule has 0 amide bonds. The zero-order valence-electron chi connectivity index (χ0n) is 12.9. The van der Waals surface area contributed by atoms with Crippen LogP contribution in [0.3, 0.4) is 0 Å². The van der Waals surface area contributed by atoms with Gasteiger partial charge >= 0.3 is 0 Å². The van der Waals surface area contributed by atoms with E-state index in [-0.39, 0.29) is 24.6 Å². The van der Waals surface area contributed by atoms with Gasteiger partial charge in [-0.15, -0.1) is 0 Å². The van der Waals surface area contributed by atoms with Gasteiger partial charge in [0, 0.05) is 0 Å². The molecular weight excluding hydrogens is 280 g/mol. The molecule has 2 aliphatic heterocycles. The van der Waals surface area contributed by atoms with E-state index in [1.807, 2.05) is 0 Å². The van der Waals surface area contributed by atoms with Crippen molar-refractivity contribution in [3.8, 4) is 0 Å². The maximum atomic E-state index is 6.19. The molecule has 22 heavy (non-hydrogen) atoms. The van der Waals surface area contributed by atoms with E-state index in [9.17, 15) is 0 Å². The zero-order valence-corrected chi connectivity index (χ0v) is 12.9. The molecule has 1 aromatic carbocycles. The highest BCUT2D eigenvalue weighted by Crippen LogP contribution is 2.32. The molecule has 0 aromatic heterocycles. The molecule has 0 radical (unpaired) electrons. The van der Waals surface area contributed by atoms with Gasteiger partial charge in [-0.05, 0) is 29.5 Å². The van der Waals surface area contributed by atoms with E-state index in [1.54, 1.807) is 0 Å². The largest absolute Gasteiger partial charge is 0.368 e. The minimum Gasteiger partial charge on any atom is -0.368 e. The van der Waals surface area contributed by atoms with Crippen molar-refractivity contribution >= 4 is 6.08 Å². The van der Waals surface area contributed by atoms with E-state index in [4.69, 9.17) is 18.9 Å². The molecule has 2 saturated heterocycles. The van der Waals surface area contributed by atoms with Crippen LogP contribution >= 0.6 is 0 Å². The second-order valence-electron chi connectivity index (χ2n) is 6.11. The predicted octanol–water partition coefficient (Wildman–Crippen LogP) is 2.56. The highest BCUT2D eigenvalue weighted by Gasteiger charge is 2.47. The minimum atomic E-state index is -0.265. The van der Waals surface area contributed by atoms with Crippen LogP contribution in [0.25, 0.3) is 6.08 Å². The third kappa shape index (κ3) is 2.61. The fourth-order valence-corrected chi connectivity index (χ4v) is 3.53. The molecule has 1 aliphatic carbocycles. The first-order valence-corrected chi connectivity index (χ1v) is 8.13. The molecule has 4 atom stereocenters. The Balaban J connectivity index is 1.41. The van der Waals surface area contributed by atoms with Gasteiger partial charge in [-0.2, -0.15) is 0 Å². The minimum absolute atomic E-state index is 0.0417. The number of benzene rings is 1. The maximum Gasteiger partial charge on any atom is 0.186 e. The normalized spacial score (nSPS) is 33.4. The first-order chi connectivity index (χ1) is 10.8. The summed E-state index contributed by atoms with van der Waals surface area (Å²) >= 11 is 0. The van der Waals surface area contributed by atoms with E-state index >= 15 is 0 Å². The van der Waals surface area contributed by atoms with E-state index in [2.05, 4.69) is 37.3 Å². The van der Waals surface area contributed by atoms with Crippen molar-refractivity contribution in [2.45, 2.75) is 44.4 Å². The summed E-state index contributed by atoms with van der Waals surface area (Å²) in [6, 6.07) is 8.51. The Bertz CT molecular complexity index is 568. The smallest absolute Gasteiger partial charge is 0.186 e. The van der Waals surface area contributed by atoms with Crippen LogP contribution in [-0.2, 0) is 25.4 Å². The van der Waals surface area contributed by atoms with Crippen LogP contribution in [0.15, 0.2) is 29.8 Å². The summed E-state index contributed by atoms with van der Waals surface area (Å²) in [4.78, 5) is 0. The van der Waals surface area contributed by atoms with Gasteiger partial charge < -0.3 is 18.9 Å². The monoisotopic (exact) mass is 302 g/mol. The van der Waals surface area contributed by atoms with Crippen molar-refractivity contribution in [2.75, 3.05) is 19.8 Å². The van der Waals surface area contributed by atoms with Gasteiger partial charge in [-0.1, -0.05) is 37.3 Å². The first-order valence-electron chi connectivity index (χ1n) is 8.13. The molecule has 118 valence electrons. The third-order valence-corrected chi connectivity index (χ3v) is 4.64. The summed E-state index contributed by atoms with van der Waals surface area (Å²) in [6.07, 6.45) is 3.77. The Kier molecular flexibility index (Phi) is 4.01. The van der Waals surface area contributed by atoms with Gasteiger partial charge in [0.05, 0.1) is 25.9 Å². The zero-order chi connectivity index (χ0) is 14.9. The fraction of sp³-hybridized carbons (Fsp3) is 0.556. The molecule has 4 heteroatoms. The van der Waals surface area contributed by atoms with Crippen molar-refractivity contribution in [3.63, 3.8) is 0 Å². The lowest BCUT2D eigenvalue weighted by Crippen LogP contribution is -2.42. The number of hydrogen-bond donors (Lipinski definition) is 0. The topological polar surface area (TPSA) is 36.9 Å². The van der Waals surface area contributed by atoms with Gasteiger partial charge in [0.25, 0.3) is 0 Å². The van der Waals surface area contributed by atoms with Crippen LogP contribution in [0.4, 0.5) is 0 Å². The Labute approximate surface area is 131 Å². The highest BCUT2D eigenvalue weighted by atomic mass is 16.7. The van der Waals surface area contributed by atoms with Crippen molar-refractivity contribution in [1.29, 1.82) is 0 Å². The molecule has 4 rings (SSSR count). The van der Waals surface area contributed by atoms with Gasteiger partial charge in [-0.3, -0.25) is 0 Å². The molecule has 4 nitrogen and oxygen atoms in total. The van der Waals surface area contributed by atoms with Gasteiger partial charge in [0.1, 0.15) is 12.2 Å². The SMILES string of the molecule is CC[C@H]1O[C@@H]2OCCO[C@@H]2[C@H]1OCC1=Cc2ccccc2C1. The molecule has 0 saturated carbocycles. The third-order valence-electron chi connectivity index (χ3n) is 4.64. The Morgan fingerprint density at radius 2 is 2.05 bits per heavy atom. The number of hydrogen-bond acceptors (Lipinski definition) is 4. The lowest BCUT2D eigenvalue weighted by molar-refractivity contribution is -0.221. The first kappa shape index (κ1) is 14.4. The quantitative estimate of drug-likeness (QED) is 0.856. The molecule has 3 aliphatic rings. The highest BCUT2D eigenvalue weighted by molar-refractivity contribution is 5.63. The van der Waals surface area contributed by atoms with Crippen LogP contribution in [-0.4, -0.2) is 44.4 Å². The molecule has 2 heterocycles. The summed E-state index contributed by atoms with van der Waals surface area (Å²) in [7, 11) is 0. The van der Waals surface area contributed by atoms with Crippen molar-refractivity contribution < 1.29 is 18.9 Å². The molecule has 0 spiro atoms. The summed E-state index contributed by atoms with van der Waals surface area (Å²) < 4.78 is 23.6. The fourth-order valence-electron chi connectivity index (χ4n) is 3.53. The summed E-state index contributed by atoms with van der Waals surface area (Å²) in [5.74, 6) is 0. The van der Waals surface area contributed by atoms with Crippen LogP contribution in [0.2, 0.25) is 0 Å². The Hall–Kier alpha value is -1.20. The van der Waals surface area contributed by atoms with E-state index < -0.39 is 0 Å². The van der Waals surface area contributed by atoms with Crippen LogP contribution < -0.4 is 0 Å². The second-order valence-corrected chi connectivity index (χ2v) is 6.11. The second kappa shape index (κ2) is 6.13. The van der Waals surface area contributed by atoms with Crippen molar-refractivity contribution in [3.05, 3.63) is 41.0 Å². The van der Waals surface area contributed by atoms with Crippen LogP contribution in [0.5, 0.6) is 0 Å². The maximum absolute atomic E-state index is 6.19. The molecule has 0 N–H and O–H groups in total. The van der Waals surface area contributed by atoms with Gasteiger partial charge in [0.2, 0.25) is 0 Å². The number of rotatable bonds is 4. The van der Waals surface area contributed by atoms with Crippen LogP contribution in [0, 0.1) is 0 Å². The van der Waals surface area contributed by atoms with E-state index in [1.165, 1.54) is 16.7 Å². The molecule has 2 fully saturated rings. The Morgan fingerprint density at radius 1 is 1.18 bits per heavy atom. The lowest BCUT2D eigenvalue weighted by Gasteiger charge is -2.28. The molecule has 1 aromatic rings. The van der Waals surface area contributed by atoms with Crippen molar-refractivity contribution in [2.24, 2.45) is 0 Å². The lowest BCUT2D eigenvalue weighted by atomic mass is 10.1. The summed E-state index contributed by atoms with van der Waals surface area (Å²) in [6.45, 7) is 3.97. The average molecular weight is 302 g/mol. The molecule has 0 bridgehead atoms. The molecule has 0 unspecified atom stereocenters. The van der Waals surface area contributed by atoms with E-state index in [0.29, 0.717) is 19.8 Å². The Morgan fingerprint density at radius 3 is 2.91 bits per heavy atom. The van der Waals surface area contributed by atoms with Crippen molar-refractivity contribution in [1.82, 2.24) is 0 Å². The number of ether oxygens (including phenoxy) is 4. The van der Waals surface area contributed by atoms with Gasteiger partial charge in [-0.25, -0.2) is 0 Å². The van der Waals surface area contributed by atoms with E-state index in [0.717, 1.165) is 12.8 Å². The van der Waals surface area contributed by atoms with Gasteiger partial charge in [0.15, 0.2) is 6.29 Å². The molecular formula is C18H22O4.